The molecule has 0 aliphatic carbocycles. The van der Waals surface area contributed by atoms with E-state index >= 15 is 0 Å². The van der Waals surface area contributed by atoms with Crippen LogP contribution in [0.5, 0.6) is 23.0 Å². The van der Waals surface area contributed by atoms with Crippen LogP contribution in [0.25, 0.3) is 22.8 Å². The number of rotatable bonds is 6. The summed E-state index contributed by atoms with van der Waals surface area (Å²) in [6, 6.07) is 20.2. The highest BCUT2D eigenvalue weighted by Crippen LogP contribution is 2.33. The zero-order chi connectivity index (χ0) is 22.0. The maximum atomic E-state index is 9.67. The molecule has 4 rings (SSSR count). The van der Waals surface area contributed by atoms with Gasteiger partial charge in [0.1, 0.15) is 11.5 Å². The smallest absolute Gasteiger partial charge is 0.226 e. The largest absolute Gasteiger partial charge is 0.504 e. The van der Waals surface area contributed by atoms with Gasteiger partial charge >= 0.3 is 0 Å². The number of ether oxygens (including phenoxy) is 1. The highest BCUT2D eigenvalue weighted by Gasteiger charge is 2.17. The summed E-state index contributed by atoms with van der Waals surface area (Å²) in [6.07, 6.45) is 2.70. The molecular formula is C26H25NO4. The third kappa shape index (κ3) is 4.40. The molecule has 0 spiro atoms. The molecule has 0 saturated heterocycles. The van der Waals surface area contributed by atoms with E-state index in [4.69, 9.17) is 9.15 Å². The van der Waals surface area contributed by atoms with E-state index in [0.717, 1.165) is 23.5 Å². The second kappa shape index (κ2) is 8.19. The van der Waals surface area contributed by atoms with E-state index in [1.54, 1.807) is 12.3 Å². The van der Waals surface area contributed by atoms with Gasteiger partial charge in [-0.2, -0.15) is 0 Å². The van der Waals surface area contributed by atoms with Gasteiger partial charge in [-0.05, 0) is 72.0 Å². The van der Waals surface area contributed by atoms with Crippen LogP contribution in [-0.2, 0) is 5.41 Å². The lowest BCUT2D eigenvalue weighted by Gasteiger charge is -2.23. The summed E-state index contributed by atoms with van der Waals surface area (Å²) in [7, 11) is 0. The van der Waals surface area contributed by atoms with Crippen molar-refractivity contribution in [1.29, 1.82) is 0 Å². The van der Waals surface area contributed by atoms with Crippen LogP contribution in [0.3, 0.4) is 0 Å². The number of hydrogen-bond donors (Lipinski definition) is 2. The molecule has 0 radical (unpaired) electrons. The molecule has 31 heavy (non-hydrogen) atoms. The SMILES string of the molecule is CCC(C)(C)c1ccc(Oc2ccc(-c3cnc(-c4ccc(O)c(O)c4)o3)cc2)cc1. The number of aromatic nitrogens is 1. The van der Waals surface area contributed by atoms with E-state index in [1.165, 1.54) is 17.7 Å². The summed E-state index contributed by atoms with van der Waals surface area (Å²) < 4.78 is 11.8. The van der Waals surface area contributed by atoms with Crippen molar-refractivity contribution in [3.05, 3.63) is 78.5 Å². The fourth-order valence-corrected chi connectivity index (χ4v) is 3.20. The van der Waals surface area contributed by atoms with E-state index in [0.29, 0.717) is 17.2 Å². The topological polar surface area (TPSA) is 75.7 Å². The molecular weight excluding hydrogens is 390 g/mol. The summed E-state index contributed by atoms with van der Waals surface area (Å²) in [6.45, 7) is 6.67. The third-order valence-corrected chi connectivity index (χ3v) is 5.62. The average molecular weight is 415 g/mol. The predicted molar refractivity (Wildman–Crippen MR) is 121 cm³/mol. The first-order valence-electron chi connectivity index (χ1n) is 10.2. The molecule has 3 aromatic carbocycles. The molecule has 1 heterocycles. The zero-order valence-corrected chi connectivity index (χ0v) is 17.8. The molecule has 158 valence electrons. The minimum atomic E-state index is -0.218. The van der Waals surface area contributed by atoms with Crippen molar-refractivity contribution in [2.75, 3.05) is 0 Å². The Morgan fingerprint density at radius 1 is 0.839 bits per heavy atom. The summed E-state index contributed by atoms with van der Waals surface area (Å²) in [5.41, 5.74) is 2.88. The molecule has 0 aliphatic rings. The molecule has 1 aromatic heterocycles. The molecule has 5 heteroatoms. The summed E-state index contributed by atoms with van der Waals surface area (Å²) in [5, 5.41) is 19.1. The maximum Gasteiger partial charge on any atom is 0.226 e. The molecule has 4 aromatic rings. The number of nitrogens with zero attached hydrogens (tertiary/aromatic N) is 1. The van der Waals surface area contributed by atoms with Crippen LogP contribution in [0.4, 0.5) is 0 Å². The number of phenols is 2. The quantitative estimate of drug-likeness (QED) is 0.335. The third-order valence-electron chi connectivity index (χ3n) is 5.62. The summed E-state index contributed by atoms with van der Waals surface area (Å²) in [4.78, 5) is 4.27. The number of phenolic OH excluding ortho intramolecular Hbond substituents is 2. The Morgan fingerprint density at radius 3 is 2.06 bits per heavy atom. The van der Waals surface area contributed by atoms with Crippen LogP contribution in [-0.4, -0.2) is 15.2 Å². The van der Waals surface area contributed by atoms with Gasteiger partial charge in [0.15, 0.2) is 17.3 Å². The van der Waals surface area contributed by atoms with Gasteiger partial charge in [0, 0.05) is 11.1 Å². The lowest BCUT2D eigenvalue weighted by atomic mass is 9.82. The second-order valence-corrected chi connectivity index (χ2v) is 8.12. The molecule has 0 fully saturated rings. The van der Waals surface area contributed by atoms with Crippen molar-refractivity contribution in [3.63, 3.8) is 0 Å². The van der Waals surface area contributed by atoms with Crippen LogP contribution in [0, 0.1) is 0 Å². The van der Waals surface area contributed by atoms with E-state index < -0.39 is 0 Å². The van der Waals surface area contributed by atoms with Crippen molar-refractivity contribution >= 4 is 0 Å². The van der Waals surface area contributed by atoms with E-state index in [-0.39, 0.29) is 16.9 Å². The zero-order valence-electron chi connectivity index (χ0n) is 17.8. The van der Waals surface area contributed by atoms with Crippen LogP contribution in [0.2, 0.25) is 0 Å². The number of aromatic hydroxyl groups is 2. The van der Waals surface area contributed by atoms with Gasteiger partial charge in [0.2, 0.25) is 5.89 Å². The van der Waals surface area contributed by atoms with Crippen LogP contribution >= 0.6 is 0 Å². The molecule has 0 amide bonds. The molecule has 0 saturated carbocycles. The standard InChI is InChI=1S/C26H25NO4/c1-4-26(2,3)19-8-12-21(13-9-19)30-20-10-5-17(6-11-20)24-16-27-25(31-24)18-7-14-22(28)23(29)15-18/h5-16,28-29H,4H2,1-3H3. The number of benzene rings is 3. The molecule has 5 nitrogen and oxygen atoms in total. The highest BCUT2D eigenvalue weighted by molar-refractivity contribution is 5.63. The first-order valence-corrected chi connectivity index (χ1v) is 10.2. The van der Waals surface area contributed by atoms with Crippen LogP contribution in [0.15, 0.2) is 77.3 Å². The molecule has 2 N–H and O–H groups in total. The van der Waals surface area contributed by atoms with Gasteiger partial charge in [-0.15, -0.1) is 0 Å². The Bertz CT molecular complexity index is 1180. The van der Waals surface area contributed by atoms with Gasteiger partial charge in [-0.1, -0.05) is 32.9 Å². The monoisotopic (exact) mass is 415 g/mol. The Hall–Kier alpha value is -3.73. The van der Waals surface area contributed by atoms with Crippen LogP contribution in [0.1, 0.15) is 32.8 Å². The van der Waals surface area contributed by atoms with Gasteiger partial charge in [-0.3, -0.25) is 0 Å². The van der Waals surface area contributed by atoms with E-state index in [9.17, 15) is 10.2 Å². The molecule has 0 unspecified atom stereocenters. The lowest BCUT2D eigenvalue weighted by molar-refractivity contribution is 0.404. The van der Waals surface area contributed by atoms with E-state index in [1.807, 2.05) is 36.4 Å². The summed E-state index contributed by atoms with van der Waals surface area (Å²) >= 11 is 0. The Kier molecular flexibility index (Phi) is 5.42. The van der Waals surface area contributed by atoms with Gasteiger partial charge < -0.3 is 19.4 Å². The lowest BCUT2D eigenvalue weighted by Crippen LogP contribution is -2.14. The van der Waals surface area contributed by atoms with Crippen molar-refractivity contribution in [2.24, 2.45) is 0 Å². The number of oxazole rings is 1. The first kappa shape index (κ1) is 20.5. The summed E-state index contributed by atoms with van der Waals surface area (Å²) in [5.74, 6) is 2.08. The second-order valence-electron chi connectivity index (χ2n) is 8.12. The van der Waals surface area contributed by atoms with E-state index in [2.05, 4.69) is 37.9 Å². The van der Waals surface area contributed by atoms with Crippen molar-refractivity contribution in [3.8, 4) is 45.8 Å². The van der Waals surface area contributed by atoms with Gasteiger partial charge in [0.05, 0.1) is 6.20 Å². The fraction of sp³-hybridized carbons (Fsp3) is 0.192. The van der Waals surface area contributed by atoms with Gasteiger partial charge in [-0.25, -0.2) is 4.98 Å². The van der Waals surface area contributed by atoms with Crippen LogP contribution < -0.4 is 4.74 Å². The Labute approximate surface area is 181 Å². The molecule has 0 bridgehead atoms. The van der Waals surface area contributed by atoms with Crippen molar-refractivity contribution in [2.45, 2.75) is 32.6 Å². The average Bonchev–Trinajstić information content (AvgIpc) is 3.27. The minimum absolute atomic E-state index is 0.148. The van der Waals surface area contributed by atoms with Gasteiger partial charge in [0.25, 0.3) is 0 Å². The highest BCUT2D eigenvalue weighted by atomic mass is 16.5. The predicted octanol–water partition coefficient (Wildman–Crippen LogP) is 6.90. The number of hydrogen-bond acceptors (Lipinski definition) is 5. The fourth-order valence-electron chi connectivity index (χ4n) is 3.20. The maximum absolute atomic E-state index is 9.67. The molecule has 0 atom stereocenters. The Morgan fingerprint density at radius 2 is 1.45 bits per heavy atom. The Balaban J connectivity index is 1.47. The van der Waals surface area contributed by atoms with Crippen molar-refractivity contribution < 1.29 is 19.4 Å². The van der Waals surface area contributed by atoms with Crippen molar-refractivity contribution in [1.82, 2.24) is 4.98 Å². The minimum Gasteiger partial charge on any atom is -0.504 e. The normalized spacial score (nSPS) is 11.5. The molecule has 0 aliphatic heterocycles. The first-order chi connectivity index (χ1) is 14.9.